The molecular formula is C31H34N2O6. The van der Waals surface area contributed by atoms with Crippen molar-refractivity contribution in [3.8, 4) is 11.5 Å². The van der Waals surface area contributed by atoms with Crippen molar-refractivity contribution < 1.29 is 29.0 Å². The lowest BCUT2D eigenvalue weighted by molar-refractivity contribution is 0.0692. The molecule has 39 heavy (non-hydrogen) atoms. The number of carbonyl (C=O) groups excluding carboxylic acids is 3. The largest absolute Gasteiger partial charge is 0.478 e. The van der Waals surface area contributed by atoms with E-state index in [1.54, 1.807) is 24.3 Å². The van der Waals surface area contributed by atoms with Crippen molar-refractivity contribution in [2.75, 3.05) is 11.9 Å². The first-order valence-electron chi connectivity index (χ1n) is 12.5. The second kappa shape index (κ2) is 11.6. The summed E-state index contributed by atoms with van der Waals surface area (Å²) in [5, 5.41) is 15.4. The number of aldehydes is 1. The van der Waals surface area contributed by atoms with Gasteiger partial charge in [-0.3, -0.25) is 14.4 Å². The second-order valence-corrected chi connectivity index (χ2v) is 11.3. The maximum atomic E-state index is 13.0. The zero-order chi connectivity index (χ0) is 29.0. The topological polar surface area (TPSA) is 122 Å². The zero-order valence-corrected chi connectivity index (χ0v) is 23.0. The van der Waals surface area contributed by atoms with Crippen molar-refractivity contribution in [3.05, 3.63) is 88.5 Å². The van der Waals surface area contributed by atoms with Gasteiger partial charge >= 0.3 is 5.97 Å². The monoisotopic (exact) mass is 530 g/mol. The summed E-state index contributed by atoms with van der Waals surface area (Å²) < 4.78 is 5.88. The number of ether oxygens (including phenoxy) is 1. The first-order chi connectivity index (χ1) is 18.2. The minimum atomic E-state index is -1.39. The van der Waals surface area contributed by atoms with Crippen LogP contribution in [-0.4, -0.2) is 41.1 Å². The Morgan fingerprint density at radius 3 is 1.87 bits per heavy atom. The van der Waals surface area contributed by atoms with Crippen LogP contribution in [0, 0.1) is 0 Å². The van der Waals surface area contributed by atoms with Crippen LogP contribution in [0.25, 0.3) is 0 Å². The molecule has 0 heterocycles. The summed E-state index contributed by atoms with van der Waals surface area (Å²) in [6.07, 6.45) is 0.437. The summed E-state index contributed by atoms with van der Waals surface area (Å²) in [4.78, 5) is 49.4. The molecule has 0 atom stereocenters. The molecule has 0 aliphatic heterocycles. The van der Waals surface area contributed by atoms with Gasteiger partial charge in [0.2, 0.25) is 0 Å². The smallest absolute Gasteiger partial charge is 0.336 e. The van der Waals surface area contributed by atoms with Crippen LogP contribution >= 0.6 is 0 Å². The van der Waals surface area contributed by atoms with E-state index in [1.807, 2.05) is 45.0 Å². The third-order valence-corrected chi connectivity index (χ3v) is 5.94. The first kappa shape index (κ1) is 29.3. The maximum Gasteiger partial charge on any atom is 0.336 e. The van der Waals surface area contributed by atoms with Crippen LogP contribution in [0.1, 0.15) is 88.5 Å². The number of anilines is 1. The van der Waals surface area contributed by atoms with Gasteiger partial charge in [-0.15, -0.1) is 0 Å². The Morgan fingerprint density at radius 1 is 0.821 bits per heavy atom. The average molecular weight is 531 g/mol. The Labute approximate surface area is 228 Å². The summed E-state index contributed by atoms with van der Waals surface area (Å²) in [5.41, 5.74) is 0.522. The number of carbonyl (C=O) groups is 4. The fourth-order valence-corrected chi connectivity index (χ4v) is 3.72. The van der Waals surface area contributed by atoms with E-state index >= 15 is 0 Å². The predicted octanol–water partition coefficient (Wildman–Crippen LogP) is 6.11. The Morgan fingerprint density at radius 2 is 1.38 bits per heavy atom. The van der Waals surface area contributed by atoms with Crippen molar-refractivity contribution in [3.63, 3.8) is 0 Å². The van der Waals surface area contributed by atoms with E-state index in [0.29, 0.717) is 23.5 Å². The SMILES string of the molecule is CC(C)(C)NCC(=O)c1cc(C(=O)O)c(C(=O)Nc2ccc(Oc3ccc(C(C)(C)C)cc3)cc2)cc1C=O. The zero-order valence-electron chi connectivity index (χ0n) is 23.0. The number of ketones is 1. The maximum absolute atomic E-state index is 13.0. The molecule has 204 valence electrons. The standard InChI is InChI=1S/C31H34N2O6/c1-30(2,3)20-7-11-22(12-8-20)39-23-13-9-21(10-14-23)33-28(36)25-15-19(18-34)24(16-26(25)29(37)38)27(35)17-32-31(4,5)6/h7-16,18,32H,17H2,1-6H3,(H,33,36)(H,37,38). The van der Waals surface area contributed by atoms with Crippen molar-refractivity contribution >= 4 is 29.6 Å². The molecule has 0 radical (unpaired) electrons. The number of carboxylic acids is 1. The average Bonchev–Trinajstić information content (AvgIpc) is 2.86. The van der Waals surface area contributed by atoms with Crippen LogP contribution in [0.3, 0.4) is 0 Å². The lowest BCUT2D eigenvalue weighted by atomic mass is 9.87. The number of rotatable bonds is 9. The van der Waals surface area contributed by atoms with Gasteiger partial charge in [0, 0.05) is 22.4 Å². The van der Waals surface area contributed by atoms with Gasteiger partial charge < -0.3 is 20.5 Å². The quantitative estimate of drug-likeness (QED) is 0.225. The minimum absolute atomic E-state index is 0.0324. The molecule has 8 nitrogen and oxygen atoms in total. The van der Waals surface area contributed by atoms with Crippen LogP contribution in [0.15, 0.2) is 60.7 Å². The van der Waals surface area contributed by atoms with E-state index in [1.165, 1.54) is 5.56 Å². The first-order valence-corrected chi connectivity index (χ1v) is 12.5. The van der Waals surface area contributed by atoms with Crippen LogP contribution in [0.5, 0.6) is 11.5 Å². The van der Waals surface area contributed by atoms with Gasteiger partial charge in [0.25, 0.3) is 5.91 Å². The number of hydrogen-bond acceptors (Lipinski definition) is 6. The Balaban J connectivity index is 1.78. The highest BCUT2D eigenvalue weighted by Crippen LogP contribution is 2.28. The Bertz CT molecular complexity index is 1380. The van der Waals surface area contributed by atoms with E-state index < -0.39 is 17.7 Å². The molecule has 0 spiro atoms. The van der Waals surface area contributed by atoms with Gasteiger partial charge in [-0.25, -0.2) is 4.79 Å². The highest BCUT2D eigenvalue weighted by Gasteiger charge is 2.24. The number of Topliss-reactive ketones (excluding diaryl/α,β-unsaturated/α-hetero) is 1. The molecule has 0 fully saturated rings. The lowest BCUT2D eigenvalue weighted by Gasteiger charge is -2.20. The lowest BCUT2D eigenvalue weighted by Crippen LogP contribution is -2.39. The fourth-order valence-electron chi connectivity index (χ4n) is 3.72. The van der Waals surface area contributed by atoms with Gasteiger partial charge in [-0.05, 0) is 80.3 Å². The molecule has 0 saturated carbocycles. The third-order valence-electron chi connectivity index (χ3n) is 5.94. The number of hydrogen-bond donors (Lipinski definition) is 3. The van der Waals surface area contributed by atoms with E-state index in [2.05, 4.69) is 31.4 Å². The molecular weight excluding hydrogens is 496 g/mol. The Kier molecular flexibility index (Phi) is 8.71. The fraction of sp³-hybridized carbons (Fsp3) is 0.290. The van der Waals surface area contributed by atoms with E-state index in [0.717, 1.165) is 12.1 Å². The number of benzene rings is 3. The van der Waals surface area contributed by atoms with Gasteiger partial charge in [0.1, 0.15) is 11.5 Å². The summed E-state index contributed by atoms with van der Waals surface area (Å²) in [7, 11) is 0. The van der Waals surface area contributed by atoms with Crippen molar-refractivity contribution in [1.82, 2.24) is 5.32 Å². The molecule has 1 amide bonds. The second-order valence-electron chi connectivity index (χ2n) is 11.3. The van der Waals surface area contributed by atoms with Crippen LogP contribution in [-0.2, 0) is 5.41 Å². The Hall–Kier alpha value is -4.30. The molecule has 0 aliphatic carbocycles. The van der Waals surface area contributed by atoms with Gasteiger partial charge in [0.05, 0.1) is 17.7 Å². The van der Waals surface area contributed by atoms with E-state index in [-0.39, 0.29) is 39.8 Å². The minimum Gasteiger partial charge on any atom is -0.478 e. The highest BCUT2D eigenvalue weighted by molar-refractivity contribution is 6.14. The molecule has 3 aromatic rings. The molecule has 0 aromatic heterocycles. The van der Waals surface area contributed by atoms with Gasteiger partial charge in [0.15, 0.2) is 12.1 Å². The highest BCUT2D eigenvalue weighted by atomic mass is 16.5. The van der Waals surface area contributed by atoms with Gasteiger partial charge in [-0.1, -0.05) is 32.9 Å². The molecule has 0 unspecified atom stereocenters. The van der Waals surface area contributed by atoms with E-state index in [9.17, 15) is 24.3 Å². The molecule has 0 bridgehead atoms. The van der Waals surface area contributed by atoms with E-state index in [4.69, 9.17) is 4.74 Å². The summed E-state index contributed by atoms with van der Waals surface area (Å²) in [6.45, 7) is 11.9. The molecule has 0 aliphatic rings. The van der Waals surface area contributed by atoms with Gasteiger partial charge in [-0.2, -0.15) is 0 Å². The molecule has 3 aromatic carbocycles. The van der Waals surface area contributed by atoms with Crippen molar-refractivity contribution in [1.29, 1.82) is 0 Å². The summed E-state index contributed by atoms with van der Waals surface area (Å²) >= 11 is 0. The van der Waals surface area contributed by atoms with Crippen molar-refractivity contribution in [2.24, 2.45) is 0 Å². The molecule has 3 rings (SSSR count). The molecule has 3 N–H and O–H groups in total. The van der Waals surface area contributed by atoms with Crippen LogP contribution in [0.4, 0.5) is 5.69 Å². The van der Waals surface area contributed by atoms with Crippen molar-refractivity contribution in [2.45, 2.75) is 52.5 Å². The number of amides is 1. The number of aromatic carboxylic acids is 1. The molecule has 0 saturated heterocycles. The third kappa shape index (κ3) is 7.85. The summed E-state index contributed by atoms with van der Waals surface area (Å²) in [5.74, 6) is -1.35. The molecule has 8 heteroatoms. The number of nitrogens with one attached hydrogen (secondary N) is 2. The number of carboxylic acid groups (broad SMARTS) is 1. The van der Waals surface area contributed by atoms with Crippen LogP contribution < -0.4 is 15.4 Å². The predicted molar refractivity (Wildman–Crippen MR) is 150 cm³/mol. The van der Waals surface area contributed by atoms with Crippen LogP contribution in [0.2, 0.25) is 0 Å². The normalized spacial score (nSPS) is 11.5. The summed E-state index contributed by atoms with van der Waals surface area (Å²) in [6, 6.07) is 16.6.